The van der Waals surface area contributed by atoms with Crippen molar-refractivity contribution in [1.29, 1.82) is 0 Å². The number of carbonyl (C=O) groups excluding carboxylic acids is 1. The maximum atomic E-state index is 11.1. The molecule has 0 aliphatic heterocycles. The number of nitrogens with one attached hydrogen (secondary N) is 1. The lowest BCUT2D eigenvalue weighted by molar-refractivity contribution is -0.128. The third-order valence-electron chi connectivity index (χ3n) is 1.65. The van der Waals surface area contributed by atoms with E-state index in [0.29, 0.717) is 13.0 Å². The molecule has 3 nitrogen and oxygen atoms in total. The Kier molecular flexibility index (Phi) is 4.52. The van der Waals surface area contributed by atoms with Gasteiger partial charge in [-0.2, -0.15) is 0 Å². The van der Waals surface area contributed by atoms with Gasteiger partial charge in [0.25, 0.3) is 0 Å². The van der Waals surface area contributed by atoms with Crippen LogP contribution in [0.1, 0.15) is 20.3 Å². The van der Waals surface area contributed by atoms with E-state index in [1.165, 1.54) is 0 Å². The van der Waals surface area contributed by atoms with E-state index in [0.717, 1.165) is 0 Å². The average Bonchev–Trinajstić information content (AvgIpc) is 1.99. The van der Waals surface area contributed by atoms with Gasteiger partial charge < -0.3 is 9.46 Å². The number of hydrogen-bond donors (Lipinski definition) is 2. The van der Waals surface area contributed by atoms with Crippen LogP contribution in [0.4, 0.5) is 0 Å². The Labute approximate surface area is 73.0 Å². The first-order valence-electron chi connectivity index (χ1n) is 3.48. The minimum atomic E-state index is -0.391. The second kappa shape index (κ2) is 4.62. The number of rotatable bonds is 4. The lowest BCUT2D eigenvalue weighted by atomic mass is 9.89. The highest BCUT2D eigenvalue weighted by atomic mass is 32.1. The van der Waals surface area contributed by atoms with Crippen LogP contribution in [0.15, 0.2) is 0 Å². The highest BCUT2D eigenvalue weighted by Crippen LogP contribution is 2.20. The molecule has 0 rings (SSSR count). The van der Waals surface area contributed by atoms with Crippen LogP contribution in [0.5, 0.6) is 0 Å². The number of amides is 1. The first-order valence-corrected chi connectivity index (χ1v) is 3.93. The molecular weight excluding hydrogens is 162 g/mol. The Bertz CT molecular complexity index is 136. The van der Waals surface area contributed by atoms with Crippen LogP contribution in [-0.2, 0) is 9.53 Å². The second-order valence-electron chi connectivity index (χ2n) is 3.07. The van der Waals surface area contributed by atoms with Gasteiger partial charge in [0.05, 0.1) is 0 Å². The quantitative estimate of drug-likeness (QED) is 0.629. The Hall–Kier alpha value is -0.220. The minimum Gasteiger partial charge on any atom is -0.385 e. The van der Waals surface area contributed by atoms with Gasteiger partial charge >= 0.3 is 0 Å². The summed E-state index contributed by atoms with van der Waals surface area (Å²) < 4.78 is 7.18. The van der Waals surface area contributed by atoms with Gasteiger partial charge in [-0.15, -0.1) is 0 Å². The molecule has 0 radical (unpaired) electrons. The summed E-state index contributed by atoms with van der Waals surface area (Å²) in [6.45, 7) is 4.31. The van der Waals surface area contributed by atoms with Crippen molar-refractivity contribution < 1.29 is 9.53 Å². The molecule has 0 atom stereocenters. The summed E-state index contributed by atoms with van der Waals surface area (Å²) in [5.41, 5.74) is -0.391. The van der Waals surface area contributed by atoms with E-state index in [1.54, 1.807) is 7.11 Å². The monoisotopic (exact) mass is 177 g/mol. The first-order chi connectivity index (χ1) is 5.04. The van der Waals surface area contributed by atoms with Crippen LogP contribution in [0, 0.1) is 5.41 Å². The van der Waals surface area contributed by atoms with Crippen LogP contribution >= 0.6 is 12.8 Å². The second-order valence-corrected chi connectivity index (χ2v) is 3.29. The van der Waals surface area contributed by atoms with E-state index in [4.69, 9.17) is 4.74 Å². The van der Waals surface area contributed by atoms with Crippen molar-refractivity contribution in [2.45, 2.75) is 20.3 Å². The molecule has 0 bridgehead atoms. The molecule has 66 valence electrons. The fourth-order valence-corrected chi connectivity index (χ4v) is 0.925. The molecule has 0 fully saturated rings. The zero-order valence-corrected chi connectivity index (χ0v) is 8.07. The predicted octanol–water partition coefficient (Wildman–Crippen LogP) is 1.01. The van der Waals surface area contributed by atoms with Gasteiger partial charge in [-0.25, -0.2) is 0 Å². The summed E-state index contributed by atoms with van der Waals surface area (Å²) in [6.07, 6.45) is 0.704. The van der Waals surface area contributed by atoms with Crippen LogP contribution < -0.4 is 4.72 Å². The van der Waals surface area contributed by atoms with E-state index in [2.05, 4.69) is 17.5 Å². The summed E-state index contributed by atoms with van der Waals surface area (Å²) in [5.74, 6) is -0.0714. The Balaban J connectivity index is 3.88. The Morgan fingerprint density at radius 3 is 2.55 bits per heavy atom. The fourth-order valence-electron chi connectivity index (χ4n) is 0.622. The number of hydrogen-bond acceptors (Lipinski definition) is 3. The third kappa shape index (κ3) is 3.62. The molecule has 0 saturated heterocycles. The molecule has 11 heavy (non-hydrogen) atoms. The van der Waals surface area contributed by atoms with Crippen molar-refractivity contribution in [1.82, 2.24) is 4.72 Å². The normalized spacial score (nSPS) is 11.3. The van der Waals surface area contributed by atoms with Gasteiger partial charge in [-0.1, -0.05) is 26.7 Å². The standard InChI is InChI=1S/C7H15NO2S/c1-7(2,4-5-10-3)6(9)8-11/h11H,4-5H2,1-3H3,(H,8,9). The summed E-state index contributed by atoms with van der Waals surface area (Å²) in [6, 6.07) is 0. The molecule has 0 aromatic heterocycles. The topological polar surface area (TPSA) is 38.3 Å². The van der Waals surface area contributed by atoms with Crippen molar-refractivity contribution in [3.05, 3.63) is 0 Å². The van der Waals surface area contributed by atoms with Crippen molar-refractivity contribution in [3.63, 3.8) is 0 Å². The zero-order chi connectivity index (χ0) is 8.91. The average molecular weight is 177 g/mol. The van der Waals surface area contributed by atoms with Gasteiger partial charge in [0.2, 0.25) is 5.91 Å². The smallest absolute Gasteiger partial charge is 0.235 e. The number of ether oxygens (including phenoxy) is 1. The molecule has 0 aliphatic carbocycles. The molecule has 0 aromatic carbocycles. The van der Waals surface area contributed by atoms with E-state index in [-0.39, 0.29) is 5.91 Å². The largest absolute Gasteiger partial charge is 0.385 e. The molecule has 1 amide bonds. The van der Waals surface area contributed by atoms with Gasteiger partial charge in [0, 0.05) is 19.1 Å². The summed E-state index contributed by atoms with van der Waals surface area (Å²) in [5, 5.41) is 0. The van der Waals surface area contributed by atoms with Gasteiger partial charge in [0.15, 0.2) is 0 Å². The van der Waals surface area contributed by atoms with Crippen molar-refractivity contribution in [3.8, 4) is 0 Å². The molecule has 0 aliphatic rings. The van der Waals surface area contributed by atoms with Gasteiger partial charge in [-0.3, -0.25) is 4.79 Å². The van der Waals surface area contributed by atoms with Crippen LogP contribution in [0.3, 0.4) is 0 Å². The number of carbonyl (C=O) groups is 1. The maximum Gasteiger partial charge on any atom is 0.235 e. The number of thiol groups is 1. The molecule has 0 heterocycles. The molecule has 4 heteroatoms. The third-order valence-corrected chi connectivity index (χ3v) is 1.85. The van der Waals surface area contributed by atoms with E-state index >= 15 is 0 Å². The van der Waals surface area contributed by atoms with Crippen LogP contribution in [-0.4, -0.2) is 19.6 Å². The SMILES string of the molecule is COCCC(C)(C)C(=O)NS. The van der Waals surface area contributed by atoms with E-state index in [1.807, 2.05) is 13.8 Å². The van der Waals surface area contributed by atoms with Crippen molar-refractivity contribution in [2.24, 2.45) is 5.41 Å². The lowest BCUT2D eigenvalue weighted by Gasteiger charge is -2.20. The van der Waals surface area contributed by atoms with Crippen molar-refractivity contribution in [2.75, 3.05) is 13.7 Å². The molecule has 0 unspecified atom stereocenters. The first kappa shape index (κ1) is 10.8. The van der Waals surface area contributed by atoms with E-state index in [9.17, 15) is 4.79 Å². The van der Waals surface area contributed by atoms with Crippen molar-refractivity contribution >= 4 is 18.7 Å². The Morgan fingerprint density at radius 2 is 2.18 bits per heavy atom. The highest BCUT2D eigenvalue weighted by Gasteiger charge is 2.25. The van der Waals surface area contributed by atoms with Gasteiger partial charge in [-0.05, 0) is 6.42 Å². The molecule has 1 N–H and O–H groups in total. The van der Waals surface area contributed by atoms with Crippen LogP contribution in [0.2, 0.25) is 0 Å². The van der Waals surface area contributed by atoms with E-state index < -0.39 is 5.41 Å². The molecule has 0 aromatic rings. The maximum absolute atomic E-state index is 11.1. The summed E-state index contributed by atoms with van der Waals surface area (Å²) >= 11 is 3.69. The minimum absolute atomic E-state index is 0.0714. The molecule has 0 saturated carbocycles. The van der Waals surface area contributed by atoms with Crippen LogP contribution in [0.25, 0.3) is 0 Å². The van der Waals surface area contributed by atoms with Gasteiger partial charge in [0.1, 0.15) is 0 Å². The Morgan fingerprint density at radius 1 is 1.64 bits per heavy atom. The predicted molar refractivity (Wildman–Crippen MR) is 47.4 cm³/mol. The highest BCUT2D eigenvalue weighted by molar-refractivity contribution is 7.78. The molecular formula is C7H15NO2S. The molecule has 0 spiro atoms. The summed E-state index contributed by atoms with van der Waals surface area (Å²) in [7, 11) is 1.62. The fraction of sp³-hybridized carbons (Fsp3) is 0.857. The zero-order valence-electron chi connectivity index (χ0n) is 7.18. The number of methoxy groups -OCH3 is 1. The summed E-state index contributed by atoms with van der Waals surface area (Å²) in [4.78, 5) is 11.1. The lowest BCUT2D eigenvalue weighted by Crippen LogP contribution is -2.32.